The summed E-state index contributed by atoms with van der Waals surface area (Å²) >= 11 is 0. The van der Waals surface area contributed by atoms with Gasteiger partial charge in [-0.3, -0.25) is 4.79 Å². The van der Waals surface area contributed by atoms with Crippen molar-refractivity contribution in [2.24, 2.45) is 0 Å². The number of hydrogen-bond acceptors (Lipinski definition) is 3. The van der Waals surface area contributed by atoms with Crippen LogP contribution in [0, 0.1) is 0 Å². The van der Waals surface area contributed by atoms with E-state index in [1.807, 2.05) is 0 Å². The monoisotopic (exact) mass is 364 g/mol. The third-order valence-electron chi connectivity index (χ3n) is 3.91. The molecule has 1 aromatic heterocycles. The fourth-order valence-corrected chi connectivity index (χ4v) is 2.67. The van der Waals surface area contributed by atoms with E-state index in [1.165, 1.54) is 38.6 Å². The fourth-order valence-electron chi connectivity index (χ4n) is 2.67. The van der Waals surface area contributed by atoms with Gasteiger partial charge in [0, 0.05) is 17.6 Å². The zero-order chi connectivity index (χ0) is 18.9. The van der Waals surface area contributed by atoms with Gasteiger partial charge in [-0.15, -0.1) is 0 Å². The first kappa shape index (κ1) is 17.7. The quantitative estimate of drug-likeness (QED) is 0.719. The summed E-state index contributed by atoms with van der Waals surface area (Å²) in [5.41, 5.74) is -0.429. The van der Waals surface area contributed by atoms with E-state index in [2.05, 4.69) is 10.3 Å². The molecule has 0 saturated carbocycles. The lowest BCUT2D eigenvalue weighted by Gasteiger charge is -2.13. The number of para-hydroxylation sites is 1. The first-order valence-corrected chi connectivity index (χ1v) is 7.56. The molecule has 0 aliphatic rings. The molecule has 136 valence electrons. The number of aromatic nitrogens is 1. The van der Waals surface area contributed by atoms with E-state index in [9.17, 15) is 18.0 Å². The Morgan fingerprint density at radius 2 is 1.73 bits per heavy atom. The van der Waals surface area contributed by atoms with Crippen molar-refractivity contribution in [1.29, 1.82) is 0 Å². The van der Waals surface area contributed by atoms with Crippen molar-refractivity contribution in [3.05, 3.63) is 53.7 Å². The van der Waals surface area contributed by atoms with Crippen LogP contribution in [0.5, 0.6) is 11.5 Å². The van der Waals surface area contributed by atoms with E-state index >= 15 is 0 Å². The molecule has 26 heavy (non-hydrogen) atoms. The Kier molecular flexibility index (Phi) is 4.50. The minimum atomic E-state index is -4.57. The lowest BCUT2D eigenvalue weighted by molar-refractivity contribution is -0.136. The van der Waals surface area contributed by atoms with E-state index < -0.39 is 17.6 Å². The van der Waals surface area contributed by atoms with Crippen molar-refractivity contribution in [1.82, 2.24) is 4.98 Å². The number of H-pyrrole nitrogens is 1. The highest BCUT2D eigenvalue weighted by Crippen LogP contribution is 2.36. The van der Waals surface area contributed by atoms with Gasteiger partial charge in [0.25, 0.3) is 5.91 Å². The Bertz CT molecular complexity index is 964. The largest absolute Gasteiger partial charge is 0.493 e. The third-order valence-corrected chi connectivity index (χ3v) is 3.91. The van der Waals surface area contributed by atoms with Crippen LogP contribution in [0.2, 0.25) is 0 Å². The summed E-state index contributed by atoms with van der Waals surface area (Å²) in [5, 5.41) is 2.83. The van der Waals surface area contributed by atoms with Crippen molar-refractivity contribution in [3.63, 3.8) is 0 Å². The van der Waals surface area contributed by atoms with E-state index in [-0.39, 0.29) is 11.3 Å². The van der Waals surface area contributed by atoms with Gasteiger partial charge in [0.15, 0.2) is 11.5 Å². The van der Waals surface area contributed by atoms with E-state index in [1.54, 1.807) is 12.1 Å². The summed E-state index contributed by atoms with van der Waals surface area (Å²) in [6.07, 6.45) is -3.14. The van der Waals surface area contributed by atoms with Crippen LogP contribution in [0.4, 0.5) is 18.9 Å². The van der Waals surface area contributed by atoms with Crippen molar-refractivity contribution in [3.8, 4) is 11.5 Å². The van der Waals surface area contributed by atoms with Gasteiger partial charge >= 0.3 is 6.18 Å². The number of aromatic amines is 1. The van der Waals surface area contributed by atoms with Gasteiger partial charge in [-0.2, -0.15) is 13.2 Å². The number of methoxy groups -OCH3 is 2. The molecule has 1 amide bonds. The second kappa shape index (κ2) is 6.62. The Labute approximate surface area is 146 Å². The molecule has 3 rings (SSSR count). The number of amides is 1. The molecule has 1 heterocycles. The highest BCUT2D eigenvalue weighted by atomic mass is 19.4. The minimum Gasteiger partial charge on any atom is -0.493 e. The number of halogens is 3. The molecule has 2 N–H and O–H groups in total. The molecule has 0 aliphatic carbocycles. The minimum absolute atomic E-state index is 0.193. The van der Waals surface area contributed by atoms with Crippen molar-refractivity contribution in [2.75, 3.05) is 19.5 Å². The Morgan fingerprint density at radius 3 is 2.38 bits per heavy atom. The van der Waals surface area contributed by atoms with Gasteiger partial charge in [-0.05, 0) is 18.2 Å². The van der Waals surface area contributed by atoms with Gasteiger partial charge in [-0.1, -0.05) is 12.1 Å². The zero-order valence-electron chi connectivity index (χ0n) is 13.9. The summed E-state index contributed by atoms with van der Waals surface area (Å²) in [6, 6.07) is 8.05. The van der Waals surface area contributed by atoms with E-state index in [4.69, 9.17) is 9.47 Å². The van der Waals surface area contributed by atoms with Gasteiger partial charge < -0.3 is 19.8 Å². The maximum atomic E-state index is 13.1. The second-order valence-electron chi connectivity index (χ2n) is 5.45. The first-order valence-electron chi connectivity index (χ1n) is 7.56. The molecule has 0 atom stereocenters. The molecule has 2 aromatic carbocycles. The summed E-state index contributed by atoms with van der Waals surface area (Å²) in [4.78, 5) is 15.5. The average Bonchev–Trinajstić information content (AvgIpc) is 3.02. The normalized spacial score (nSPS) is 11.4. The summed E-state index contributed by atoms with van der Waals surface area (Å²) in [6.45, 7) is 0. The highest BCUT2D eigenvalue weighted by molar-refractivity contribution is 6.13. The number of carbonyl (C=O) groups excluding carboxylic acids is 1. The SMILES string of the molecule is COc1cc2[nH]cc(C(=O)Nc3ccccc3C(F)(F)F)c2cc1OC. The highest BCUT2D eigenvalue weighted by Gasteiger charge is 2.33. The molecule has 0 bridgehead atoms. The fraction of sp³-hybridized carbons (Fsp3) is 0.167. The maximum Gasteiger partial charge on any atom is 0.418 e. The predicted molar refractivity (Wildman–Crippen MR) is 90.8 cm³/mol. The van der Waals surface area contributed by atoms with Crippen LogP contribution in [-0.4, -0.2) is 25.1 Å². The molecule has 0 fully saturated rings. The average molecular weight is 364 g/mol. The van der Waals surface area contributed by atoms with Crippen LogP contribution in [0.1, 0.15) is 15.9 Å². The van der Waals surface area contributed by atoms with Gasteiger partial charge in [-0.25, -0.2) is 0 Å². The van der Waals surface area contributed by atoms with Gasteiger partial charge in [0.1, 0.15) is 0 Å². The van der Waals surface area contributed by atoms with E-state index in [0.717, 1.165) is 6.07 Å². The summed E-state index contributed by atoms with van der Waals surface area (Å²) in [5.74, 6) is 0.209. The van der Waals surface area contributed by atoms with E-state index in [0.29, 0.717) is 22.4 Å². The van der Waals surface area contributed by atoms with Gasteiger partial charge in [0.2, 0.25) is 0 Å². The van der Waals surface area contributed by atoms with Crippen LogP contribution in [0.15, 0.2) is 42.6 Å². The van der Waals surface area contributed by atoms with Crippen LogP contribution < -0.4 is 14.8 Å². The number of fused-ring (bicyclic) bond motifs is 1. The van der Waals surface area contributed by atoms with Crippen molar-refractivity contribution >= 4 is 22.5 Å². The number of rotatable bonds is 4. The first-order chi connectivity index (χ1) is 12.3. The number of carbonyl (C=O) groups is 1. The lowest BCUT2D eigenvalue weighted by Crippen LogP contribution is -2.16. The second-order valence-corrected chi connectivity index (χ2v) is 5.45. The molecule has 0 unspecified atom stereocenters. The third kappa shape index (κ3) is 3.17. The van der Waals surface area contributed by atoms with Crippen LogP contribution in [0.3, 0.4) is 0 Å². The zero-order valence-corrected chi connectivity index (χ0v) is 13.9. The molecule has 8 heteroatoms. The molecule has 3 aromatic rings. The predicted octanol–water partition coefficient (Wildman–Crippen LogP) is 4.46. The van der Waals surface area contributed by atoms with Crippen LogP contribution >= 0.6 is 0 Å². The van der Waals surface area contributed by atoms with Crippen molar-refractivity contribution in [2.45, 2.75) is 6.18 Å². The smallest absolute Gasteiger partial charge is 0.418 e. The summed E-state index contributed by atoms with van der Waals surface area (Å²) in [7, 11) is 2.93. The number of nitrogens with one attached hydrogen (secondary N) is 2. The van der Waals surface area contributed by atoms with Gasteiger partial charge in [0.05, 0.1) is 36.6 Å². The molecule has 0 radical (unpaired) electrons. The molecule has 5 nitrogen and oxygen atoms in total. The van der Waals surface area contributed by atoms with Crippen LogP contribution in [-0.2, 0) is 6.18 Å². The molecular weight excluding hydrogens is 349 g/mol. The number of alkyl halides is 3. The number of hydrogen-bond donors (Lipinski definition) is 2. The number of benzene rings is 2. The molecule has 0 spiro atoms. The Balaban J connectivity index is 1.99. The van der Waals surface area contributed by atoms with Crippen molar-refractivity contribution < 1.29 is 27.4 Å². The van der Waals surface area contributed by atoms with Crippen LogP contribution in [0.25, 0.3) is 10.9 Å². The Morgan fingerprint density at radius 1 is 1.08 bits per heavy atom. The lowest BCUT2D eigenvalue weighted by atomic mass is 10.1. The maximum absolute atomic E-state index is 13.1. The molecule has 0 aliphatic heterocycles. The molecular formula is C18H15F3N2O3. The number of ether oxygens (including phenoxy) is 2. The molecule has 0 saturated heterocycles. The topological polar surface area (TPSA) is 63.4 Å². The number of anilines is 1. The summed E-state index contributed by atoms with van der Waals surface area (Å²) < 4.78 is 49.7. The Hall–Kier alpha value is -3.16. The standard InChI is InChI=1S/C18H15F3N2O3/c1-25-15-7-10-11(9-22-14(10)8-16(15)26-2)17(24)23-13-6-4-3-5-12(13)18(19,20)21/h3-9,22H,1-2H3,(H,23,24).